The van der Waals surface area contributed by atoms with Gasteiger partial charge in [-0.3, -0.25) is 4.90 Å². The quantitative estimate of drug-likeness (QED) is 0.813. The van der Waals surface area contributed by atoms with Crippen molar-refractivity contribution in [1.29, 1.82) is 0 Å². The van der Waals surface area contributed by atoms with Crippen LogP contribution in [0.2, 0.25) is 0 Å². The summed E-state index contributed by atoms with van der Waals surface area (Å²) in [6.07, 6.45) is 0.772. The van der Waals surface area contributed by atoms with Gasteiger partial charge in [0.15, 0.2) is 14.9 Å². The standard InChI is InChI=1S/C16H23N3O2S2/c1-13-4-2-3-5-15(13)17-16(22)19-9-7-18(8-10-19)14-6-11-23(20,21)12-14/h2-5,14H,6-12H2,1H3,(H,17,22)/t14-/m0/s1. The molecular formula is C16H23N3O2S2. The van der Waals surface area contributed by atoms with Crippen LogP contribution in [0.15, 0.2) is 24.3 Å². The van der Waals surface area contributed by atoms with Crippen LogP contribution in [0.1, 0.15) is 12.0 Å². The molecule has 7 heteroatoms. The third kappa shape index (κ3) is 4.02. The van der Waals surface area contributed by atoms with Gasteiger partial charge in [-0.15, -0.1) is 0 Å². The van der Waals surface area contributed by atoms with Gasteiger partial charge >= 0.3 is 0 Å². The number of sulfone groups is 1. The number of aryl methyl sites for hydroxylation is 1. The van der Waals surface area contributed by atoms with Gasteiger partial charge in [0.05, 0.1) is 11.5 Å². The number of nitrogens with one attached hydrogen (secondary N) is 1. The third-order valence-electron chi connectivity index (χ3n) is 4.71. The Labute approximate surface area is 143 Å². The molecule has 1 atom stereocenters. The van der Waals surface area contributed by atoms with Gasteiger partial charge in [0.2, 0.25) is 0 Å². The van der Waals surface area contributed by atoms with Crippen molar-refractivity contribution >= 4 is 32.9 Å². The molecule has 1 aromatic rings. The fourth-order valence-electron chi connectivity index (χ4n) is 3.26. The van der Waals surface area contributed by atoms with Crippen LogP contribution < -0.4 is 5.32 Å². The fraction of sp³-hybridized carbons (Fsp3) is 0.562. The first-order chi connectivity index (χ1) is 10.9. The van der Waals surface area contributed by atoms with E-state index in [0.717, 1.165) is 43.4 Å². The van der Waals surface area contributed by atoms with Crippen LogP contribution in [0.3, 0.4) is 0 Å². The Kier molecular flexibility index (Phi) is 4.89. The number of thiocarbonyl (C=S) groups is 1. The molecule has 0 radical (unpaired) electrons. The van der Waals surface area contributed by atoms with Gasteiger partial charge in [0, 0.05) is 37.9 Å². The van der Waals surface area contributed by atoms with E-state index in [1.165, 1.54) is 5.56 Å². The molecule has 0 aliphatic carbocycles. The normalized spacial score (nSPS) is 24.6. The molecule has 1 aromatic carbocycles. The largest absolute Gasteiger partial charge is 0.346 e. The number of anilines is 1. The Hall–Kier alpha value is -1.18. The van der Waals surface area contributed by atoms with Crippen molar-refractivity contribution in [3.8, 4) is 0 Å². The fourth-order valence-corrected chi connectivity index (χ4v) is 5.32. The molecule has 23 heavy (non-hydrogen) atoms. The first-order valence-electron chi connectivity index (χ1n) is 8.01. The van der Waals surface area contributed by atoms with Gasteiger partial charge in [0.1, 0.15) is 0 Å². The van der Waals surface area contributed by atoms with E-state index < -0.39 is 9.84 Å². The molecule has 0 spiro atoms. The molecule has 0 saturated carbocycles. The van der Waals surface area contributed by atoms with Crippen LogP contribution in [0, 0.1) is 6.92 Å². The maximum atomic E-state index is 11.6. The van der Waals surface area contributed by atoms with Crippen LogP contribution in [0.4, 0.5) is 5.69 Å². The minimum atomic E-state index is -2.81. The molecule has 2 heterocycles. The van der Waals surface area contributed by atoms with E-state index in [1.54, 1.807) is 0 Å². The molecule has 0 amide bonds. The number of piperazine rings is 1. The van der Waals surface area contributed by atoms with Crippen molar-refractivity contribution < 1.29 is 8.42 Å². The first kappa shape index (κ1) is 16.7. The topological polar surface area (TPSA) is 52.6 Å². The van der Waals surface area contributed by atoms with E-state index in [-0.39, 0.29) is 6.04 Å². The van der Waals surface area contributed by atoms with Gasteiger partial charge in [-0.2, -0.15) is 0 Å². The van der Waals surface area contributed by atoms with E-state index in [4.69, 9.17) is 12.2 Å². The summed E-state index contributed by atoms with van der Waals surface area (Å²) in [6.45, 7) is 5.48. The average Bonchev–Trinajstić information content (AvgIpc) is 2.90. The molecule has 5 nitrogen and oxygen atoms in total. The number of nitrogens with zero attached hydrogens (tertiary/aromatic N) is 2. The lowest BCUT2D eigenvalue weighted by molar-refractivity contribution is 0.144. The van der Waals surface area contributed by atoms with Crippen molar-refractivity contribution in [2.24, 2.45) is 0 Å². The predicted molar refractivity (Wildman–Crippen MR) is 97.6 cm³/mol. The lowest BCUT2D eigenvalue weighted by Crippen LogP contribution is -2.53. The number of hydrogen-bond donors (Lipinski definition) is 1. The minimum absolute atomic E-state index is 0.194. The second-order valence-electron chi connectivity index (χ2n) is 6.32. The predicted octanol–water partition coefficient (Wildman–Crippen LogP) is 1.50. The summed E-state index contributed by atoms with van der Waals surface area (Å²) in [6, 6.07) is 8.29. The Balaban J connectivity index is 1.53. The van der Waals surface area contributed by atoms with Gasteiger partial charge in [0.25, 0.3) is 0 Å². The Morgan fingerprint density at radius 1 is 1.22 bits per heavy atom. The van der Waals surface area contributed by atoms with Crippen molar-refractivity contribution in [1.82, 2.24) is 9.80 Å². The summed E-state index contributed by atoms with van der Waals surface area (Å²) >= 11 is 5.53. The smallest absolute Gasteiger partial charge is 0.173 e. The molecular weight excluding hydrogens is 330 g/mol. The highest BCUT2D eigenvalue weighted by Crippen LogP contribution is 2.20. The number of hydrogen-bond acceptors (Lipinski definition) is 4. The van der Waals surface area contributed by atoms with E-state index >= 15 is 0 Å². The SMILES string of the molecule is Cc1ccccc1NC(=S)N1CCN([C@H]2CCS(=O)(=O)C2)CC1. The van der Waals surface area contributed by atoms with E-state index in [0.29, 0.717) is 11.5 Å². The van der Waals surface area contributed by atoms with Crippen LogP contribution in [-0.2, 0) is 9.84 Å². The summed E-state index contributed by atoms with van der Waals surface area (Å²) in [4.78, 5) is 4.47. The molecule has 2 saturated heterocycles. The molecule has 0 bridgehead atoms. The number of rotatable bonds is 2. The first-order valence-corrected chi connectivity index (χ1v) is 10.2. The van der Waals surface area contributed by atoms with Crippen LogP contribution in [0.25, 0.3) is 0 Å². The molecule has 2 aliphatic heterocycles. The van der Waals surface area contributed by atoms with Crippen LogP contribution >= 0.6 is 12.2 Å². The molecule has 2 fully saturated rings. The average molecular weight is 354 g/mol. The molecule has 2 aliphatic rings. The van der Waals surface area contributed by atoms with E-state index in [1.807, 2.05) is 18.2 Å². The van der Waals surface area contributed by atoms with E-state index in [9.17, 15) is 8.42 Å². The Morgan fingerprint density at radius 3 is 2.52 bits per heavy atom. The van der Waals surface area contributed by atoms with Gasteiger partial charge < -0.3 is 10.2 Å². The van der Waals surface area contributed by atoms with Crippen molar-refractivity contribution in [3.05, 3.63) is 29.8 Å². The molecule has 0 aromatic heterocycles. The second kappa shape index (κ2) is 6.75. The lowest BCUT2D eigenvalue weighted by Gasteiger charge is -2.38. The zero-order valence-electron chi connectivity index (χ0n) is 13.4. The third-order valence-corrected chi connectivity index (χ3v) is 6.82. The maximum absolute atomic E-state index is 11.6. The zero-order chi connectivity index (χ0) is 16.4. The summed E-state index contributed by atoms with van der Waals surface area (Å²) in [5.41, 5.74) is 2.21. The summed E-state index contributed by atoms with van der Waals surface area (Å²) in [7, 11) is -2.81. The molecule has 0 unspecified atom stereocenters. The van der Waals surface area contributed by atoms with Gasteiger partial charge in [-0.1, -0.05) is 18.2 Å². The lowest BCUT2D eigenvalue weighted by atomic mass is 10.2. The maximum Gasteiger partial charge on any atom is 0.173 e. The van der Waals surface area contributed by atoms with Crippen molar-refractivity contribution in [3.63, 3.8) is 0 Å². The minimum Gasteiger partial charge on any atom is -0.346 e. The second-order valence-corrected chi connectivity index (χ2v) is 8.94. The van der Waals surface area contributed by atoms with Crippen molar-refractivity contribution in [2.75, 3.05) is 43.0 Å². The monoisotopic (exact) mass is 353 g/mol. The highest BCUT2D eigenvalue weighted by atomic mass is 32.2. The number of para-hydroxylation sites is 1. The van der Waals surface area contributed by atoms with Crippen LogP contribution in [-0.4, -0.2) is 67.1 Å². The molecule has 126 valence electrons. The summed E-state index contributed by atoms with van der Waals surface area (Å²) < 4.78 is 23.2. The highest BCUT2D eigenvalue weighted by molar-refractivity contribution is 7.91. The van der Waals surface area contributed by atoms with E-state index in [2.05, 4.69) is 28.1 Å². The van der Waals surface area contributed by atoms with Gasteiger partial charge in [-0.05, 0) is 37.2 Å². The Bertz CT molecular complexity index is 682. The van der Waals surface area contributed by atoms with Crippen molar-refractivity contribution in [2.45, 2.75) is 19.4 Å². The summed E-state index contributed by atoms with van der Waals surface area (Å²) in [5.74, 6) is 0.657. The summed E-state index contributed by atoms with van der Waals surface area (Å²) in [5, 5.41) is 4.07. The van der Waals surface area contributed by atoms with Gasteiger partial charge in [-0.25, -0.2) is 8.42 Å². The zero-order valence-corrected chi connectivity index (χ0v) is 15.0. The molecule has 3 rings (SSSR count). The van der Waals surface area contributed by atoms with Crippen LogP contribution in [0.5, 0.6) is 0 Å². The highest BCUT2D eigenvalue weighted by Gasteiger charge is 2.33. The Morgan fingerprint density at radius 2 is 1.91 bits per heavy atom. The molecule has 1 N–H and O–H groups in total. The number of benzene rings is 1.